The van der Waals surface area contributed by atoms with Crippen LogP contribution in [0.4, 0.5) is 0 Å². The second kappa shape index (κ2) is 4.31. The molecular formula is C12H17NO3. The highest BCUT2D eigenvalue weighted by Gasteiger charge is 2.37. The van der Waals surface area contributed by atoms with Gasteiger partial charge in [0.1, 0.15) is 12.7 Å². The fourth-order valence-corrected chi connectivity index (χ4v) is 1.66. The Morgan fingerprint density at radius 2 is 2.12 bits per heavy atom. The first kappa shape index (κ1) is 11.2. The lowest BCUT2D eigenvalue weighted by molar-refractivity contribution is -0.0262. The summed E-state index contributed by atoms with van der Waals surface area (Å²) in [5.41, 5.74) is 5.21. The summed E-state index contributed by atoms with van der Waals surface area (Å²) in [6, 6.07) is 7.51. The molecule has 0 saturated heterocycles. The summed E-state index contributed by atoms with van der Waals surface area (Å²) in [6.07, 6.45) is -0.211. The van der Waals surface area contributed by atoms with Gasteiger partial charge in [0.2, 0.25) is 0 Å². The Balaban J connectivity index is 2.19. The van der Waals surface area contributed by atoms with Gasteiger partial charge in [0, 0.05) is 12.0 Å². The van der Waals surface area contributed by atoms with Crippen molar-refractivity contribution in [1.82, 2.24) is 0 Å². The Morgan fingerprint density at radius 1 is 1.44 bits per heavy atom. The molecule has 2 rings (SSSR count). The topological polar surface area (TPSA) is 64.7 Å². The van der Waals surface area contributed by atoms with Gasteiger partial charge in [-0.25, -0.2) is 0 Å². The van der Waals surface area contributed by atoms with Gasteiger partial charge < -0.3 is 20.3 Å². The van der Waals surface area contributed by atoms with Gasteiger partial charge in [0.05, 0.1) is 6.61 Å². The molecule has 3 N–H and O–H groups in total. The fraction of sp³-hybridized carbons (Fsp3) is 0.500. The Labute approximate surface area is 95.0 Å². The highest BCUT2D eigenvalue weighted by Crippen LogP contribution is 2.35. The van der Waals surface area contributed by atoms with E-state index in [1.54, 1.807) is 0 Å². The molecule has 16 heavy (non-hydrogen) atoms. The van der Waals surface area contributed by atoms with E-state index < -0.39 is 5.41 Å². The SMILES string of the molecule is CC(CN)(CO)C1COc2ccccc2O1. The van der Waals surface area contributed by atoms with E-state index in [-0.39, 0.29) is 12.7 Å². The molecule has 1 aromatic rings. The quantitative estimate of drug-likeness (QED) is 0.795. The van der Waals surface area contributed by atoms with Crippen molar-refractivity contribution in [3.8, 4) is 11.5 Å². The van der Waals surface area contributed by atoms with Gasteiger partial charge in [0.25, 0.3) is 0 Å². The van der Waals surface area contributed by atoms with E-state index >= 15 is 0 Å². The smallest absolute Gasteiger partial charge is 0.161 e. The average molecular weight is 223 g/mol. The maximum absolute atomic E-state index is 9.37. The van der Waals surface area contributed by atoms with E-state index in [2.05, 4.69) is 0 Å². The molecule has 4 nitrogen and oxygen atoms in total. The molecule has 0 amide bonds. The van der Waals surface area contributed by atoms with E-state index in [0.29, 0.717) is 18.9 Å². The van der Waals surface area contributed by atoms with Gasteiger partial charge in [-0.05, 0) is 12.1 Å². The molecule has 2 atom stereocenters. The van der Waals surface area contributed by atoms with Crippen molar-refractivity contribution in [1.29, 1.82) is 0 Å². The number of rotatable bonds is 3. The van der Waals surface area contributed by atoms with E-state index in [4.69, 9.17) is 15.2 Å². The van der Waals surface area contributed by atoms with Crippen LogP contribution in [0.2, 0.25) is 0 Å². The van der Waals surface area contributed by atoms with Gasteiger partial charge in [-0.2, -0.15) is 0 Å². The van der Waals surface area contributed by atoms with Gasteiger partial charge in [-0.1, -0.05) is 19.1 Å². The number of benzene rings is 1. The third-order valence-electron chi connectivity index (χ3n) is 3.11. The van der Waals surface area contributed by atoms with Crippen LogP contribution in [-0.2, 0) is 0 Å². The van der Waals surface area contributed by atoms with Crippen LogP contribution < -0.4 is 15.2 Å². The molecule has 2 unspecified atom stereocenters. The molecule has 4 heteroatoms. The number of aliphatic hydroxyl groups is 1. The minimum Gasteiger partial charge on any atom is -0.486 e. The maximum Gasteiger partial charge on any atom is 0.161 e. The number of nitrogens with two attached hydrogens (primary N) is 1. The summed E-state index contributed by atoms with van der Waals surface area (Å²) in [4.78, 5) is 0. The van der Waals surface area contributed by atoms with Crippen molar-refractivity contribution in [3.05, 3.63) is 24.3 Å². The fourth-order valence-electron chi connectivity index (χ4n) is 1.66. The highest BCUT2D eigenvalue weighted by molar-refractivity contribution is 5.40. The highest BCUT2D eigenvalue weighted by atomic mass is 16.6. The third kappa shape index (κ3) is 1.86. The molecule has 1 aromatic carbocycles. The van der Waals surface area contributed by atoms with Crippen LogP contribution in [0.15, 0.2) is 24.3 Å². The molecule has 88 valence electrons. The van der Waals surface area contributed by atoms with Gasteiger partial charge in [0.15, 0.2) is 11.5 Å². The summed E-state index contributed by atoms with van der Waals surface area (Å²) in [5.74, 6) is 1.46. The molecule has 0 saturated carbocycles. The Bertz CT molecular complexity index is 363. The standard InChI is InChI=1S/C12H17NO3/c1-12(7-13,8-14)11-6-15-9-4-2-3-5-10(9)16-11/h2-5,11,14H,6-8,13H2,1H3. The Morgan fingerprint density at radius 3 is 2.75 bits per heavy atom. The zero-order valence-corrected chi connectivity index (χ0v) is 9.35. The maximum atomic E-state index is 9.37. The van der Waals surface area contributed by atoms with Crippen LogP contribution in [0.5, 0.6) is 11.5 Å². The van der Waals surface area contributed by atoms with Crippen molar-refractivity contribution >= 4 is 0 Å². The zero-order valence-electron chi connectivity index (χ0n) is 9.35. The normalized spacial score (nSPS) is 22.6. The predicted octanol–water partition coefficient (Wildman–Crippen LogP) is 0.784. The van der Waals surface area contributed by atoms with Crippen LogP contribution in [0.3, 0.4) is 0 Å². The molecule has 1 aliphatic heterocycles. The first-order valence-electron chi connectivity index (χ1n) is 5.39. The van der Waals surface area contributed by atoms with Gasteiger partial charge in [-0.3, -0.25) is 0 Å². The minimum absolute atomic E-state index is 0.0142. The lowest BCUT2D eigenvalue weighted by Gasteiger charge is -2.37. The summed E-state index contributed by atoms with van der Waals surface area (Å²) in [7, 11) is 0. The molecule has 0 fully saturated rings. The second-order valence-electron chi connectivity index (χ2n) is 4.38. The van der Waals surface area contributed by atoms with Gasteiger partial charge in [-0.15, -0.1) is 0 Å². The van der Waals surface area contributed by atoms with E-state index in [1.807, 2.05) is 31.2 Å². The number of fused-ring (bicyclic) bond motifs is 1. The molecule has 0 aliphatic carbocycles. The lowest BCUT2D eigenvalue weighted by Crippen LogP contribution is -2.49. The lowest BCUT2D eigenvalue weighted by atomic mass is 9.85. The monoisotopic (exact) mass is 223 g/mol. The van der Waals surface area contributed by atoms with Crippen LogP contribution in [-0.4, -0.2) is 31.0 Å². The van der Waals surface area contributed by atoms with Crippen LogP contribution >= 0.6 is 0 Å². The molecule has 1 aliphatic rings. The van der Waals surface area contributed by atoms with E-state index in [1.165, 1.54) is 0 Å². The molecular weight excluding hydrogens is 206 g/mol. The number of hydrogen-bond acceptors (Lipinski definition) is 4. The first-order valence-corrected chi connectivity index (χ1v) is 5.39. The number of aliphatic hydroxyl groups excluding tert-OH is 1. The summed E-state index contributed by atoms with van der Waals surface area (Å²) in [5, 5.41) is 9.37. The third-order valence-corrected chi connectivity index (χ3v) is 3.11. The van der Waals surface area contributed by atoms with Crippen molar-refractivity contribution in [2.75, 3.05) is 19.8 Å². The second-order valence-corrected chi connectivity index (χ2v) is 4.38. The van der Waals surface area contributed by atoms with E-state index in [9.17, 15) is 5.11 Å². The first-order chi connectivity index (χ1) is 7.69. The van der Waals surface area contributed by atoms with Crippen LogP contribution in [0.25, 0.3) is 0 Å². The molecule has 0 aromatic heterocycles. The summed E-state index contributed by atoms with van der Waals surface area (Å²) < 4.78 is 11.4. The predicted molar refractivity (Wildman–Crippen MR) is 60.6 cm³/mol. The number of hydrogen-bond donors (Lipinski definition) is 2. The van der Waals surface area contributed by atoms with Crippen molar-refractivity contribution in [2.24, 2.45) is 11.1 Å². The van der Waals surface area contributed by atoms with Crippen LogP contribution in [0, 0.1) is 5.41 Å². The average Bonchev–Trinajstić information content (AvgIpc) is 2.37. The summed E-state index contributed by atoms with van der Waals surface area (Å²) in [6.45, 7) is 2.67. The largest absolute Gasteiger partial charge is 0.486 e. The van der Waals surface area contributed by atoms with Crippen molar-refractivity contribution in [3.63, 3.8) is 0 Å². The van der Waals surface area contributed by atoms with Crippen molar-refractivity contribution in [2.45, 2.75) is 13.0 Å². The Hall–Kier alpha value is -1.26. The zero-order chi connectivity index (χ0) is 11.6. The minimum atomic E-state index is -0.465. The molecule has 1 heterocycles. The molecule has 0 radical (unpaired) electrons. The molecule has 0 bridgehead atoms. The molecule has 0 spiro atoms. The van der Waals surface area contributed by atoms with Crippen molar-refractivity contribution < 1.29 is 14.6 Å². The Kier molecular flexibility index (Phi) is 3.03. The number of para-hydroxylation sites is 2. The van der Waals surface area contributed by atoms with Crippen LogP contribution in [0.1, 0.15) is 6.92 Å². The summed E-state index contributed by atoms with van der Waals surface area (Å²) >= 11 is 0. The number of ether oxygens (including phenoxy) is 2. The van der Waals surface area contributed by atoms with E-state index in [0.717, 1.165) is 5.75 Å². The van der Waals surface area contributed by atoms with Gasteiger partial charge >= 0.3 is 0 Å².